The molecule has 0 amide bonds. The molecule has 18 heavy (non-hydrogen) atoms. The van der Waals surface area contributed by atoms with Gasteiger partial charge in [-0.3, -0.25) is 4.79 Å². The van der Waals surface area contributed by atoms with Crippen molar-refractivity contribution in [2.24, 2.45) is 5.92 Å². The van der Waals surface area contributed by atoms with E-state index in [0.29, 0.717) is 5.92 Å². The van der Waals surface area contributed by atoms with Gasteiger partial charge in [0, 0.05) is 5.33 Å². The number of carbonyl (C=O) groups excluding carboxylic acids is 1. The summed E-state index contributed by atoms with van der Waals surface area (Å²) in [5.41, 5.74) is 2.54. The van der Waals surface area contributed by atoms with Gasteiger partial charge in [0.15, 0.2) is 0 Å². The van der Waals surface area contributed by atoms with Crippen LogP contribution in [0.1, 0.15) is 42.7 Å². The normalized spacial score (nSPS) is 23.7. The Morgan fingerprint density at radius 2 is 1.94 bits per heavy atom. The topological polar surface area (TPSA) is 26.3 Å². The summed E-state index contributed by atoms with van der Waals surface area (Å²) >= 11 is 3.45. The SMILES string of the molecule is COC(=O)[C@@H]1CCCC[C@H]1c1ccc(CBr)cc1. The minimum absolute atomic E-state index is 0.0403. The Hall–Kier alpha value is -0.830. The monoisotopic (exact) mass is 310 g/mol. The average Bonchev–Trinajstić information content (AvgIpc) is 2.46. The Balaban J connectivity index is 2.19. The molecule has 0 unspecified atom stereocenters. The van der Waals surface area contributed by atoms with Crippen LogP contribution in [0.3, 0.4) is 0 Å². The Labute approximate surface area is 117 Å². The highest BCUT2D eigenvalue weighted by Crippen LogP contribution is 2.38. The van der Waals surface area contributed by atoms with Crippen molar-refractivity contribution in [3.8, 4) is 0 Å². The van der Waals surface area contributed by atoms with Crippen molar-refractivity contribution in [3.05, 3.63) is 35.4 Å². The predicted octanol–water partition coefficient (Wildman–Crippen LogP) is 4.03. The van der Waals surface area contributed by atoms with Gasteiger partial charge < -0.3 is 4.74 Å². The molecule has 1 aliphatic carbocycles. The van der Waals surface area contributed by atoms with Crippen molar-refractivity contribution in [2.75, 3.05) is 7.11 Å². The van der Waals surface area contributed by atoms with E-state index < -0.39 is 0 Å². The maximum absolute atomic E-state index is 11.8. The van der Waals surface area contributed by atoms with Gasteiger partial charge in [0.1, 0.15) is 0 Å². The van der Waals surface area contributed by atoms with Crippen LogP contribution < -0.4 is 0 Å². The fourth-order valence-electron chi connectivity index (χ4n) is 2.82. The van der Waals surface area contributed by atoms with Crippen molar-refractivity contribution >= 4 is 21.9 Å². The van der Waals surface area contributed by atoms with E-state index in [1.54, 1.807) is 0 Å². The quantitative estimate of drug-likeness (QED) is 0.622. The molecule has 2 rings (SSSR count). The van der Waals surface area contributed by atoms with Crippen molar-refractivity contribution in [3.63, 3.8) is 0 Å². The molecule has 0 radical (unpaired) electrons. The van der Waals surface area contributed by atoms with Crippen molar-refractivity contribution in [2.45, 2.75) is 36.9 Å². The standard InChI is InChI=1S/C15H19BrO2/c1-18-15(17)14-5-3-2-4-13(14)12-8-6-11(10-16)7-9-12/h6-9,13-14H,2-5,10H2,1H3/t13-,14+/m0/s1. The molecule has 1 aromatic rings. The van der Waals surface area contributed by atoms with Crippen LogP contribution in [0.15, 0.2) is 24.3 Å². The summed E-state index contributed by atoms with van der Waals surface area (Å²) in [7, 11) is 1.49. The third-order valence-corrected chi connectivity index (χ3v) is 4.48. The predicted molar refractivity (Wildman–Crippen MR) is 75.8 cm³/mol. The molecule has 2 nitrogen and oxygen atoms in total. The third kappa shape index (κ3) is 2.94. The zero-order valence-corrected chi connectivity index (χ0v) is 12.3. The fourth-order valence-corrected chi connectivity index (χ4v) is 3.19. The number of methoxy groups -OCH3 is 1. The molecule has 2 atom stereocenters. The van der Waals surface area contributed by atoms with E-state index in [-0.39, 0.29) is 11.9 Å². The van der Waals surface area contributed by atoms with Gasteiger partial charge in [-0.1, -0.05) is 53.0 Å². The summed E-state index contributed by atoms with van der Waals surface area (Å²) in [6.07, 6.45) is 4.39. The van der Waals surface area contributed by atoms with E-state index in [1.807, 2.05) is 0 Å². The molecular weight excluding hydrogens is 292 g/mol. The number of carbonyl (C=O) groups is 1. The van der Waals surface area contributed by atoms with E-state index in [9.17, 15) is 4.79 Å². The Morgan fingerprint density at radius 1 is 1.28 bits per heavy atom. The van der Waals surface area contributed by atoms with Crippen LogP contribution in [0.4, 0.5) is 0 Å². The molecule has 1 aliphatic rings. The molecular formula is C15H19BrO2. The first kappa shape index (κ1) is 13.6. The molecule has 3 heteroatoms. The summed E-state index contributed by atoms with van der Waals surface area (Å²) in [6.45, 7) is 0. The van der Waals surface area contributed by atoms with Crippen LogP contribution >= 0.6 is 15.9 Å². The molecule has 1 saturated carbocycles. The maximum Gasteiger partial charge on any atom is 0.309 e. The smallest absolute Gasteiger partial charge is 0.309 e. The minimum Gasteiger partial charge on any atom is -0.469 e. The summed E-state index contributed by atoms with van der Waals surface area (Å²) in [6, 6.07) is 8.57. The Bertz CT molecular complexity index is 399. The number of rotatable bonds is 3. The van der Waals surface area contributed by atoms with E-state index >= 15 is 0 Å². The van der Waals surface area contributed by atoms with Gasteiger partial charge in [-0.15, -0.1) is 0 Å². The molecule has 0 heterocycles. The van der Waals surface area contributed by atoms with Gasteiger partial charge in [-0.25, -0.2) is 0 Å². The molecule has 0 bridgehead atoms. The van der Waals surface area contributed by atoms with E-state index in [4.69, 9.17) is 4.74 Å². The van der Waals surface area contributed by atoms with E-state index in [1.165, 1.54) is 24.7 Å². The van der Waals surface area contributed by atoms with E-state index in [0.717, 1.165) is 24.6 Å². The van der Waals surface area contributed by atoms with Crippen LogP contribution in [-0.4, -0.2) is 13.1 Å². The lowest BCUT2D eigenvalue weighted by Crippen LogP contribution is -2.26. The number of esters is 1. The van der Waals surface area contributed by atoms with Crippen LogP contribution in [0.5, 0.6) is 0 Å². The summed E-state index contributed by atoms with van der Waals surface area (Å²) in [5, 5.41) is 0.873. The maximum atomic E-state index is 11.8. The molecule has 0 aromatic heterocycles. The number of benzene rings is 1. The number of halogens is 1. The van der Waals surface area contributed by atoms with Crippen LogP contribution in [0.2, 0.25) is 0 Å². The van der Waals surface area contributed by atoms with E-state index in [2.05, 4.69) is 40.2 Å². The highest BCUT2D eigenvalue weighted by atomic mass is 79.9. The van der Waals surface area contributed by atoms with Crippen LogP contribution in [-0.2, 0) is 14.9 Å². The number of hydrogen-bond donors (Lipinski definition) is 0. The molecule has 1 aromatic carbocycles. The average molecular weight is 311 g/mol. The zero-order valence-electron chi connectivity index (χ0n) is 10.7. The second-order valence-corrected chi connectivity index (χ2v) is 5.46. The Kier molecular flexibility index (Phi) is 4.81. The van der Waals surface area contributed by atoms with Gasteiger partial charge in [0.25, 0.3) is 0 Å². The summed E-state index contributed by atoms with van der Waals surface area (Å²) in [4.78, 5) is 11.8. The van der Waals surface area contributed by atoms with Gasteiger partial charge >= 0.3 is 5.97 Å². The van der Waals surface area contributed by atoms with Crippen molar-refractivity contribution in [1.82, 2.24) is 0 Å². The fraction of sp³-hybridized carbons (Fsp3) is 0.533. The Morgan fingerprint density at radius 3 is 2.56 bits per heavy atom. The lowest BCUT2D eigenvalue weighted by Gasteiger charge is -2.30. The highest BCUT2D eigenvalue weighted by molar-refractivity contribution is 9.08. The number of alkyl halides is 1. The molecule has 0 saturated heterocycles. The first-order valence-electron chi connectivity index (χ1n) is 6.49. The molecule has 0 spiro atoms. The largest absolute Gasteiger partial charge is 0.469 e. The first-order chi connectivity index (χ1) is 8.76. The second-order valence-electron chi connectivity index (χ2n) is 4.90. The third-order valence-electron chi connectivity index (χ3n) is 3.83. The molecule has 0 N–H and O–H groups in total. The lowest BCUT2D eigenvalue weighted by atomic mass is 9.75. The van der Waals surface area contributed by atoms with Crippen LogP contribution in [0, 0.1) is 5.92 Å². The molecule has 98 valence electrons. The summed E-state index contributed by atoms with van der Waals surface area (Å²) in [5.74, 6) is 0.318. The minimum atomic E-state index is -0.0516. The number of hydrogen-bond acceptors (Lipinski definition) is 2. The first-order valence-corrected chi connectivity index (χ1v) is 7.61. The van der Waals surface area contributed by atoms with Crippen molar-refractivity contribution < 1.29 is 9.53 Å². The van der Waals surface area contributed by atoms with Crippen molar-refractivity contribution in [1.29, 1.82) is 0 Å². The lowest BCUT2D eigenvalue weighted by molar-refractivity contribution is -0.147. The van der Waals surface area contributed by atoms with Gasteiger partial charge in [-0.2, -0.15) is 0 Å². The summed E-state index contributed by atoms with van der Waals surface area (Å²) < 4.78 is 4.94. The molecule has 0 aliphatic heterocycles. The van der Waals surface area contributed by atoms with Gasteiger partial charge in [-0.05, 0) is 29.9 Å². The molecule has 1 fully saturated rings. The van der Waals surface area contributed by atoms with Crippen LogP contribution in [0.25, 0.3) is 0 Å². The second kappa shape index (κ2) is 6.37. The zero-order chi connectivity index (χ0) is 13.0. The highest BCUT2D eigenvalue weighted by Gasteiger charge is 2.32. The van der Waals surface area contributed by atoms with Gasteiger partial charge in [0.05, 0.1) is 13.0 Å². The number of ether oxygens (including phenoxy) is 1. The van der Waals surface area contributed by atoms with Gasteiger partial charge in [0.2, 0.25) is 0 Å².